The maximum Gasteiger partial charge on any atom is 0.191 e. The lowest BCUT2D eigenvalue weighted by Gasteiger charge is -2.12. The quantitative estimate of drug-likeness (QED) is 0.375. The number of aliphatic imine (C=N–C) groups is 1. The van der Waals surface area contributed by atoms with E-state index in [1.54, 1.807) is 0 Å². The summed E-state index contributed by atoms with van der Waals surface area (Å²) in [6.45, 7) is 7.89. The Labute approximate surface area is 168 Å². The highest BCUT2D eigenvalue weighted by atomic mass is 16.5. The average molecular weight is 384 g/mol. The molecule has 3 rings (SSSR count). The van der Waals surface area contributed by atoms with E-state index in [0.29, 0.717) is 5.92 Å². The second-order valence-corrected chi connectivity index (χ2v) is 7.23. The second kappa shape index (κ2) is 11.7. The first-order chi connectivity index (χ1) is 13.9. The van der Waals surface area contributed by atoms with Crippen LogP contribution in [0.25, 0.3) is 10.8 Å². The van der Waals surface area contributed by atoms with E-state index in [2.05, 4.69) is 65.0 Å². The van der Waals surface area contributed by atoms with Crippen LogP contribution in [-0.4, -0.2) is 52.0 Å². The van der Waals surface area contributed by atoms with Crippen LogP contribution in [0.4, 0.5) is 0 Å². The Morgan fingerprint density at radius 3 is 2.93 bits per heavy atom. The van der Waals surface area contributed by atoms with Gasteiger partial charge in [0, 0.05) is 38.8 Å². The SMILES string of the molecule is CCNC(=NCCCOCC1CCOC1)NCCc1cccc2ccccc12. The number of rotatable bonds is 10. The minimum Gasteiger partial charge on any atom is -0.381 e. The molecule has 2 aromatic carbocycles. The van der Waals surface area contributed by atoms with Crippen molar-refractivity contribution in [3.8, 4) is 0 Å². The van der Waals surface area contributed by atoms with Crippen LogP contribution < -0.4 is 10.6 Å². The standard InChI is InChI=1S/C23H33N3O2/c1-2-24-23(25-13-6-15-27-17-19-12-16-28-18-19)26-14-11-21-9-5-8-20-7-3-4-10-22(20)21/h3-5,7-10,19H,2,6,11-18H2,1H3,(H2,24,25,26). The molecule has 1 aliphatic heterocycles. The first-order valence-corrected chi connectivity index (χ1v) is 10.5. The van der Waals surface area contributed by atoms with E-state index in [9.17, 15) is 0 Å². The summed E-state index contributed by atoms with van der Waals surface area (Å²) >= 11 is 0. The van der Waals surface area contributed by atoms with E-state index in [-0.39, 0.29) is 0 Å². The number of ether oxygens (including phenoxy) is 2. The molecule has 5 heteroatoms. The van der Waals surface area contributed by atoms with Crippen LogP contribution in [-0.2, 0) is 15.9 Å². The molecule has 1 saturated heterocycles. The first-order valence-electron chi connectivity index (χ1n) is 10.5. The summed E-state index contributed by atoms with van der Waals surface area (Å²) in [4.78, 5) is 4.67. The van der Waals surface area contributed by atoms with Gasteiger partial charge in [-0.25, -0.2) is 0 Å². The molecular weight excluding hydrogens is 350 g/mol. The molecule has 28 heavy (non-hydrogen) atoms. The lowest BCUT2D eigenvalue weighted by Crippen LogP contribution is -2.38. The molecule has 2 aromatic rings. The molecule has 1 unspecified atom stereocenters. The van der Waals surface area contributed by atoms with Crippen molar-refractivity contribution in [2.24, 2.45) is 10.9 Å². The number of guanidine groups is 1. The Morgan fingerprint density at radius 1 is 1.18 bits per heavy atom. The van der Waals surface area contributed by atoms with Gasteiger partial charge in [0.05, 0.1) is 13.2 Å². The summed E-state index contributed by atoms with van der Waals surface area (Å²) in [6.07, 6.45) is 3.04. The Kier molecular flexibility index (Phi) is 8.59. The first kappa shape index (κ1) is 20.6. The molecule has 0 aliphatic carbocycles. The van der Waals surface area contributed by atoms with Crippen molar-refractivity contribution in [1.82, 2.24) is 10.6 Å². The number of hydrogen-bond donors (Lipinski definition) is 2. The van der Waals surface area contributed by atoms with Crippen molar-refractivity contribution in [1.29, 1.82) is 0 Å². The lowest BCUT2D eigenvalue weighted by molar-refractivity contribution is 0.0893. The van der Waals surface area contributed by atoms with Gasteiger partial charge in [0.25, 0.3) is 0 Å². The van der Waals surface area contributed by atoms with Crippen LogP contribution in [0, 0.1) is 5.92 Å². The predicted molar refractivity (Wildman–Crippen MR) is 116 cm³/mol. The highest BCUT2D eigenvalue weighted by molar-refractivity contribution is 5.85. The third-order valence-corrected chi connectivity index (χ3v) is 5.01. The summed E-state index contributed by atoms with van der Waals surface area (Å²) in [6, 6.07) is 15.1. The maximum atomic E-state index is 5.75. The molecule has 0 spiro atoms. The fourth-order valence-electron chi connectivity index (χ4n) is 3.49. The molecule has 0 aromatic heterocycles. The zero-order valence-corrected chi connectivity index (χ0v) is 17.0. The van der Waals surface area contributed by atoms with Gasteiger partial charge in [0.2, 0.25) is 0 Å². The molecule has 1 fully saturated rings. The van der Waals surface area contributed by atoms with Crippen LogP contribution in [0.15, 0.2) is 47.5 Å². The number of fused-ring (bicyclic) bond motifs is 1. The summed E-state index contributed by atoms with van der Waals surface area (Å²) in [5.41, 5.74) is 1.37. The van der Waals surface area contributed by atoms with Gasteiger partial charge < -0.3 is 20.1 Å². The molecular formula is C23H33N3O2. The van der Waals surface area contributed by atoms with Crippen molar-refractivity contribution < 1.29 is 9.47 Å². The van der Waals surface area contributed by atoms with Crippen LogP contribution in [0.2, 0.25) is 0 Å². The summed E-state index contributed by atoms with van der Waals surface area (Å²) in [7, 11) is 0. The van der Waals surface area contributed by atoms with Crippen LogP contribution in [0.1, 0.15) is 25.3 Å². The van der Waals surface area contributed by atoms with Gasteiger partial charge in [-0.1, -0.05) is 42.5 Å². The molecule has 0 saturated carbocycles. The number of nitrogens with one attached hydrogen (secondary N) is 2. The molecule has 152 valence electrons. The van der Waals surface area contributed by atoms with Crippen molar-refractivity contribution in [3.05, 3.63) is 48.0 Å². The normalized spacial score (nSPS) is 17.2. The molecule has 5 nitrogen and oxygen atoms in total. The van der Waals surface area contributed by atoms with Crippen molar-refractivity contribution in [2.45, 2.75) is 26.2 Å². The topological polar surface area (TPSA) is 54.9 Å². The van der Waals surface area contributed by atoms with Crippen LogP contribution in [0.3, 0.4) is 0 Å². The molecule has 0 radical (unpaired) electrons. The highest BCUT2D eigenvalue weighted by Gasteiger charge is 2.15. The van der Waals surface area contributed by atoms with Gasteiger partial charge in [0.15, 0.2) is 5.96 Å². The van der Waals surface area contributed by atoms with Gasteiger partial charge in [0.1, 0.15) is 0 Å². The molecule has 1 heterocycles. The maximum absolute atomic E-state index is 5.75. The average Bonchev–Trinajstić information content (AvgIpc) is 3.24. The minimum atomic E-state index is 0.580. The lowest BCUT2D eigenvalue weighted by atomic mass is 10.0. The highest BCUT2D eigenvalue weighted by Crippen LogP contribution is 2.18. The van der Waals surface area contributed by atoms with Gasteiger partial charge in [-0.05, 0) is 42.5 Å². The molecule has 1 aliphatic rings. The Hall–Kier alpha value is -2.11. The Morgan fingerprint density at radius 2 is 2.07 bits per heavy atom. The largest absolute Gasteiger partial charge is 0.381 e. The molecule has 0 bridgehead atoms. The molecule has 1 atom stereocenters. The summed E-state index contributed by atoms with van der Waals surface area (Å²) in [5.74, 6) is 1.46. The smallest absolute Gasteiger partial charge is 0.191 e. The third kappa shape index (κ3) is 6.50. The van der Waals surface area contributed by atoms with E-state index >= 15 is 0 Å². The van der Waals surface area contributed by atoms with E-state index in [0.717, 1.165) is 71.3 Å². The minimum absolute atomic E-state index is 0.580. The monoisotopic (exact) mass is 383 g/mol. The Balaban J connectivity index is 1.39. The van der Waals surface area contributed by atoms with E-state index < -0.39 is 0 Å². The zero-order valence-electron chi connectivity index (χ0n) is 17.0. The Bertz CT molecular complexity index is 736. The van der Waals surface area contributed by atoms with Gasteiger partial charge in [-0.3, -0.25) is 4.99 Å². The summed E-state index contributed by atoms with van der Waals surface area (Å²) < 4.78 is 11.1. The zero-order chi connectivity index (χ0) is 19.4. The van der Waals surface area contributed by atoms with E-state index in [4.69, 9.17) is 9.47 Å². The van der Waals surface area contributed by atoms with Crippen molar-refractivity contribution in [3.63, 3.8) is 0 Å². The summed E-state index contributed by atoms with van der Waals surface area (Å²) in [5, 5.41) is 9.40. The number of benzene rings is 2. The third-order valence-electron chi connectivity index (χ3n) is 5.01. The fraction of sp³-hybridized carbons (Fsp3) is 0.522. The van der Waals surface area contributed by atoms with Crippen LogP contribution in [0.5, 0.6) is 0 Å². The predicted octanol–water partition coefficient (Wildman–Crippen LogP) is 3.38. The van der Waals surface area contributed by atoms with Gasteiger partial charge in [-0.2, -0.15) is 0 Å². The van der Waals surface area contributed by atoms with Gasteiger partial charge >= 0.3 is 0 Å². The van der Waals surface area contributed by atoms with Gasteiger partial charge in [-0.15, -0.1) is 0 Å². The number of nitrogens with zero attached hydrogens (tertiary/aromatic N) is 1. The van der Waals surface area contributed by atoms with E-state index in [1.165, 1.54) is 16.3 Å². The molecule has 2 N–H and O–H groups in total. The number of hydrogen-bond acceptors (Lipinski definition) is 3. The van der Waals surface area contributed by atoms with E-state index in [1.807, 2.05) is 0 Å². The molecule has 0 amide bonds. The second-order valence-electron chi connectivity index (χ2n) is 7.23. The fourth-order valence-corrected chi connectivity index (χ4v) is 3.49. The van der Waals surface area contributed by atoms with Crippen LogP contribution >= 0.6 is 0 Å². The van der Waals surface area contributed by atoms with Crippen molar-refractivity contribution in [2.75, 3.05) is 46.1 Å². The van der Waals surface area contributed by atoms with Crippen molar-refractivity contribution >= 4 is 16.7 Å².